The minimum atomic E-state index is -0.695. The summed E-state index contributed by atoms with van der Waals surface area (Å²) < 4.78 is 1.55. The number of nitrogens with one attached hydrogen (secondary N) is 2. The summed E-state index contributed by atoms with van der Waals surface area (Å²) in [6, 6.07) is 15.4. The summed E-state index contributed by atoms with van der Waals surface area (Å²) in [4.78, 5) is 30.0. The molecule has 2 heterocycles. The van der Waals surface area contributed by atoms with E-state index in [9.17, 15) is 19.8 Å². The molecule has 0 atom stereocenters. The van der Waals surface area contributed by atoms with Crippen LogP contribution in [0.2, 0.25) is 0 Å². The lowest BCUT2D eigenvalue weighted by molar-refractivity contribution is 0.0282. The Morgan fingerprint density at radius 3 is 2.40 bits per heavy atom. The molecule has 0 aliphatic carbocycles. The largest absolute Gasteiger partial charge is 0.513 e. The van der Waals surface area contributed by atoms with Gasteiger partial charge in [-0.1, -0.05) is 38.3 Å². The van der Waals surface area contributed by atoms with Crippen LogP contribution < -0.4 is 15.5 Å². The first-order valence-electron chi connectivity index (χ1n) is 16.3. The van der Waals surface area contributed by atoms with Gasteiger partial charge in [0.2, 0.25) is 0 Å². The number of carbonyl (C=O) groups excluding carboxylic acids is 2. The molecule has 1 aliphatic heterocycles. The van der Waals surface area contributed by atoms with E-state index in [0.717, 1.165) is 53.9 Å². The number of piperidine rings is 1. The van der Waals surface area contributed by atoms with Crippen molar-refractivity contribution in [2.24, 2.45) is 0 Å². The first kappa shape index (κ1) is 35.3. The highest BCUT2D eigenvalue weighted by Gasteiger charge is 2.25. The van der Waals surface area contributed by atoms with E-state index in [1.807, 2.05) is 74.2 Å². The number of amides is 2. The van der Waals surface area contributed by atoms with Crippen molar-refractivity contribution in [3.8, 4) is 0 Å². The Balaban J connectivity index is 1.52. The maximum Gasteiger partial charge on any atom is 0.325 e. The minimum Gasteiger partial charge on any atom is -0.513 e. The Kier molecular flexibility index (Phi) is 11.9. The first-order chi connectivity index (χ1) is 22.4. The zero-order valence-electron chi connectivity index (χ0n) is 28.1. The van der Waals surface area contributed by atoms with E-state index in [1.165, 1.54) is 5.56 Å². The summed E-state index contributed by atoms with van der Waals surface area (Å²) in [7, 11) is 1.59. The van der Waals surface area contributed by atoms with Crippen LogP contribution in [0, 0.1) is 0 Å². The fraction of sp³-hybridized carbons (Fsp3) is 0.368. The lowest BCUT2D eigenvalue weighted by Gasteiger charge is -2.35. The molecule has 9 heteroatoms. The molecule has 3 aromatic rings. The predicted octanol–water partition coefficient (Wildman–Crippen LogP) is 6.84. The summed E-state index contributed by atoms with van der Waals surface area (Å²) in [5.41, 5.74) is 4.24. The number of fused-ring (bicyclic) bond motifs is 1. The number of nitrogens with zero attached hydrogens (tertiary/aromatic N) is 3. The van der Waals surface area contributed by atoms with Gasteiger partial charge in [0.1, 0.15) is 0 Å². The van der Waals surface area contributed by atoms with E-state index in [-0.39, 0.29) is 17.7 Å². The molecule has 0 spiro atoms. The van der Waals surface area contributed by atoms with Crippen molar-refractivity contribution in [2.45, 2.75) is 58.0 Å². The number of likely N-dealkylation sites (tertiary alicyclic amines) is 1. The van der Waals surface area contributed by atoms with E-state index in [0.29, 0.717) is 37.4 Å². The molecule has 4 rings (SSSR count). The highest BCUT2D eigenvalue weighted by molar-refractivity contribution is 5.95. The Bertz CT molecular complexity index is 1640. The maximum absolute atomic E-state index is 13.4. The van der Waals surface area contributed by atoms with Gasteiger partial charge in [0, 0.05) is 60.8 Å². The van der Waals surface area contributed by atoms with Gasteiger partial charge in [-0.25, -0.2) is 4.79 Å². The standard InChI is InChI=1S/C38H49N5O4/c1-7-9-33(42(22-16-27(3)44)34-14-15-35-31(24-34)19-23-43(35)37(46)39-6)25-32(8-2)40-36(45)30-12-10-28(11-13-30)29-17-20-41(21-18-29)26-38(4,5)47/h7,9-15,19,23-25,29,44,47H,1,3,8,16-18,20-22,26H2,2,4-6H3,(H,39,46)(H,40,45)/b32-25+,33-9+. The molecular formula is C38H49N5O4. The van der Waals surface area contributed by atoms with Gasteiger partial charge in [-0.3, -0.25) is 9.36 Å². The van der Waals surface area contributed by atoms with E-state index < -0.39 is 5.60 Å². The number of benzene rings is 2. The van der Waals surface area contributed by atoms with Crippen LogP contribution in [0.1, 0.15) is 68.3 Å². The number of β-amino-alcohol motifs (C(OH)–C–C–N with tert-alkyl or cyclic N) is 1. The Morgan fingerprint density at radius 1 is 1.11 bits per heavy atom. The number of aliphatic hydroxyl groups excluding tert-OH is 1. The second kappa shape index (κ2) is 15.8. The first-order valence-corrected chi connectivity index (χ1v) is 16.3. The molecule has 1 aliphatic rings. The normalized spacial score (nSPS) is 15.0. The lowest BCUT2D eigenvalue weighted by atomic mass is 9.88. The number of allylic oxidation sites excluding steroid dienone is 4. The van der Waals surface area contributed by atoms with Gasteiger partial charge in [0.05, 0.1) is 16.9 Å². The Morgan fingerprint density at radius 2 is 1.81 bits per heavy atom. The molecule has 9 nitrogen and oxygen atoms in total. The van der Waals surface area contributed by atoms with Crippen molar-refractivity contribution in [1.82, 2.24) is 20.1 Å². The maximum atomic E-state index is 13.4. The zero-order chi connectivity index (χ0) is 34.1. The van der Waals surface area contributed by atoms with Crippen LogP contribution in [-0.4, -0.2) is 70.4 Å². The van der Waals surface area contributed by atoms with Gasteiger partial charge >= 0.3 is 6.03 Å². The average Bonchev–Trinajstić information content (AvgIpc) is 3.47. The van der Waals surface area contributed by atoms with E-state index in [2.05, 4.69) is 40.8 Å². The monoisotopic (exact) mass is 639 g/mol. The number of aliphatic hydroxyl groups is 2. The van der Waals surface area contributed by atoms with Crippen LogP contribution in [-0.2, 0) is 0 Å². The number of rotatable bonds is 13. The molecule has 0 radical (unpaired) electrons. The fourth-order valence-electron chi connectivity index (χ4n) is 6.08. The smallest absolute Gasteiger partial charge is 0.325 e. The SMILES string of the molecule is C=C/C=C(\C=C(/CC)NC(=O)c1ccc(C2CCN(CC(C)(C)O)CC2)cc1)N(CCC(=C)O)c1ccc2c(ccn2C(=O)NC)c1. The molecule has 47 heavy (non-hydrogen) atoms. The minimum absolute atomic E-state index is 0.0657. The second-order valence-electron chi connectivity index (χ2n) is 12.7. The molecule has 250 valence electrons. The van der Waals surface area contributed by atoms with Crippen molar-refractivity contribution in [1.29, 1.82) is 0 Å². The molecule has 0 bridgehead atoms. The predicted molar refractivity (Wildman–Crippen MR) is 191 cm³/mol. The molecule has 2 aromatic carbocycles. The molecule has 2 amide bonds. The summed E-state index contributed by atoms with van der Waals surface area (Å²) in [6.45, 7) is 16.3. The van der Waals surface area contributed by atoms with E-state index in [4.69, 9.17) is 0 Å². The highest BCUT2D eigenvalue weighted by Crippen LogP contribution is 2.30. The molecule has 1 fully saturated rings. The average molecular weight is 640 g/mol. The third kappa shape index (κ3) is 9.47. The number of anilines is 1. The van der Waals surface area contributed by atoms with Crippen LogP contribution >= 0.6 is 0 Å². The van der Waals surface area contributed by atoms with Crippen molar-refractivity contribution >= 4 is 28.5 Å². The van der Waals surface area contributed by atoms with Gasteiger partial charge in [-0.15, -0.1) is 0 Å². The van der Waals surface area contributed by atoms with Crippen molar-refractivity contribution < 1.29 is 19.8 Å². The zero-order valence-corrected chi connectivity index (χ0v) is 28.1. The second-order valence-corrected chi connectivity index (χ2v) is 12.7. The molecule has 4 N–H and O–H groups in total. The number of hydrogen-bond donors (Lipinski definition) is 4. The summed E-state index contributed by atoms with van der Waals surface area (Å²) >= 11 is 0. The van der Waals surface area contributed by atoms with Gasteiger partial charge < -0.3 is 30.6 Å². The summed E-state index contributed by atoms with van der Waals surface area (Å²) in [5, 5.41) is 26.7. The third-order valence-electron chi connectivity index (χ3n) is 8.46. The molecular weight excluding hydrogens is 590 g/mol. The fourth-order valence-corrected chi connectivity index (χ4v) is 6.08. The summed E-state index contributed by atoms with van der Waals surface area (Å²) in [5.74, 6) is 0.316. The van der Waals surface area contributed by atoms with Crippen molar-refractivity contribution in [3.63, 3.8) is 0 Å². The van der Waals surface area contributed by atoms with Crippen LogP contribution in [0.25, 0.3) is 10.9 Å². The van der Waals surface area contributed by atoms with Crippen LogP contribution in [0.5, 0.6) is 0 Å². The van der Waals surface area contributed by atoms with Crippen molar-refractivity contribution in [3.05, 3.63) is 114 Å². The van der Waals surface area contributed by atoms with Crippen LogP contribution in [0.3, 0.4) is 0 Å². The summed E-state index contributed by atoms with van der Waals surface area (Å²) in [6.07, 6.45) is 10.2. The molecule has 0 saturated carbocycles. The van der Waals surface area contributed by atoms with Crippen LogP contribution in [0.15, 0.2) is 103 Å². The van der Waals surface area contributed by atoms with E-state index >= 15 is 0 Å². The molecule has 1 saturated heterocycles. The Labute approximate surface area is 278 Å². The number of carbonyl (C=O) groups is 2. The Hall–Kier alpha value is -4.60. The quantitative estimate of drug-likeness (QED) is 0.120. The van der Waals surface area contributed by atoms with E-state index in [1.54, 1.807) is 23.9 Å². The van der Waals surface area contributed by atoms with Gasteiger partial charge in [-0.2, -0.15) is 0 Å². The number of hydrogen-bond acceptors (Lipinski definition) is 6. The molecule has 0 unspecified atom stereocenters. The van der Waals surface area contributed by atoms with Gasteiger partial charge in [-0.05, 0) is 106 Å². The number of aromatic nitrogens is 1. The van der Waals surface area contributed by atoms with Crippen molar-refractivity contribution in [2.75, 3.05) is 38.1 Å². The van der Waals surface area contributed by atoms with Gasteiger partial charge in [0.15, 0.2) is 0 Å². The third-order valence-corrected chi connectivity index (χ3v) is 8.46. The van der Waals surface area contributed by atoms with Crippen LogP contribution in [0.4, 0.5) is 10.5 Å². The lowest BCUT2D eigenvalue weighted by Crippen LogP contribution is -2.42. The topological polar surface area (TPSA) is 110 Å². The molecule has 1 aromatic heterocycles. The highest BCUT2D eigenvalue weighted by atomic mass is 16.3. The van der Waals surface area contributed by atoms with Gasteiger partial charge in [0.25, 0.3) is 5.91 Å².